The Bertz CT molecular complexity index is 1010. The Morgan fingerprint density at radius 3 is 2.59 bits per heavy atom. The Kier molecular flexibility index (Phi) is 4.90. The molecule has 0 unspecified atom stereocenters. The highest BCUT2D eigenvalue weighted by Crippen LogP contribution is 2.35. The van der Waals surface area contributed by atoms with Crippen LogP contribution in [0.15, 0.2) is 41.3 Å². The Balaban J connectivity index is 1.82. The molecule has 2 aliphatic rings. The molecule has 0 spiro atoms. The average molecular weight is 396 g/mol. The minimum Gasteiger partial charge on any atom is -0.483 e. The number of piperidine rings is 1. The SMILES string of the molecule is C[C@@H]1CC[C@H](C)[C@@H]2Cn3cc(C(=O)O)c(=O)c(OCc4ccccc4)c3C(=O)N12. The molecule has 4 rings (SSSR count). The van der Waals surface area contributed by atoms with Gasteiger partial charge in [0, 0.05) is 18.8 Å². The number of aromatic nitrogens is 1. The Morgan fingerprint density at radius 2 is 1.90 bits per heavy atom. The fourth-order valence-electron chi connectivity index (χ4n) is 4.40. The van der Waals surface area contributed by atoms with E-state index in [-0.39, 0.29) is 41.6 Å². The zero-order valence-electron chi connectivity index (χ0n) is 16.5. The lowest BCUT2D eigenvalue weighted by molar-refractivity contribution is 0.0195. The molecular formula is C22H24N2O5. The maximum absolute atomic E-state index is 13.4. The van der Waals surface area contributed by atoms with Crippen LogP contribution in [0.1, 0.15) is 53.1 Å². The predicted octanol–water partition coefficient (Wildman–Crippen LogP) is 2.77. The fourth-order valence-corrected chi connectivity index (χ4v) is 4.40. The molecule has 1 N–H and O–H groups in total. The van der Waals surface area contributed by atoms with Gasteiger partial charge in [0.2, 0.25) is 5.43 Å². The van der Waals surface area contributed by atoms with Crippen molar-refractivity contribution in [1.82, 2.24) is 9.47 Å². The molecule has 3 heterocycles. The van der Waals surface area contributed by atoms with E-state index in [1.54, 1.807) is 4.57 Å². The minimum atomic E-state index is -1.32. The van der Waals surface area contributed by atoms with E-state index in [0.29, 0.717) is 12.5 Å². The van der Waals surface area contributed by atoms with E-state index >= 15 is 0 Å². The lowest BCUT2D eigenvalue weighted by Crippen LogP contribution is -2.58. The van der Waals surface area contributed by atoms with Crippen LogP contribution in [0.4, 0.5) is 0 Å². The number of hydrogen-bond donors (Lipinski definition) is 1. The van der Waals surface area contributed by atoms with Crippen molar-refractivity contribution in [3.05, 3.63) is 63.6 Å². The normalized spacial score (nSPS) is 23.3. The Labute approximate surface area is 168 Å². The van der Waals surface area contributed by atoms with Gasteiger partial charge in [-0.3, -0.25) is 9.59 Å². The standard InChI is InChI=1S/C22H24N2O5/c1-13-8-9-14(2)24-17(13)11-23-10-16(22(27)28)19(25)20(18(23)21(24)26)29-12-15-6-4-3-5-7-15/h3-7,10,13-14,17H,8-9,11-12H2,1-2H3,(H,27,28)/t13-,14+,17-/m0/s1. The molecule has 0 radical (unpaired) electrons. The van der Waals surface area contributed by atoms with E-state index in [0.717, 1.165) is 18.4 Å². The number of ether oxygens (including phenoxy) is 1. The quantitative estimate of drug-likeness (QED) is 0.858. The highest BCUT2D eigenvalue weighted by atomic mass is 16.5. The molecule has 2 aliphatic heterocycles. The van der Waals surface area contributed by atoms with E-state index < -0.39 is 11.4 Å². The first-order valence-corrected chi connectivity index (χ1v) is 9.88. The second-order valence-corrected chi connectivity index (χ2v) is 7.96. The molecule has 1 aromatic carbocycles. The number of carbonyl (C=O) groups excluding carboxylic acids is 1. The van der Waals surface area contributed by atoms with Crippen LogP contribution >= 0.6 is 0 Å². The predicted molar refractivity (Wildman–Crippen MR) is 106 cm³/mol. The topological polar surface area (TPSA) is 88.8 Å². The minimum absolute atomic E-state index is 0.0233. The van der Waals surface area contributed by atoms with Crippen molar-refractivity contribution < 1.29 is 19.4 Å². The summed E-state index contributed by atoms with van der Waals surface area (Å²) in [6.07, 6.45) is 3.20. The van der Waals surface area contributed by atoms with E-state index in [1.165, 1.54) is 6.20 Å². The van der Waals surface area contributed by atoms with Crippen molar-refractivity contribution in [2.75, 3.05) is 0 Å². The molecule has 29 heavy (non-hydrogen) atoms. The van der Waals surface area contributed by atoms with Gasteiger partial charge in [0.15, 0.2) is 11.4 Å². The molecule has 152 valence electrons. The first-order chi connectivity index (χ1) is 13.9. The number of amides is 1. The van der Waals surface area contributed by atoms with Crippen molar-refractivity contribution in [2.24, 2.45) is 5.92 Å². The molecule has 0 saturated carbocycles. The second-order valence-electron chi connectivity index (χ2n) is 7.96. The summed E-state index contributed by atoms with van der Waals surface area (Å²) in [4.78, 5) is 39.8. The maximum atomic E-state index is 13.4. The number of hydrogen-bond acceptors (Lipinski definition) is 4. The van der Waals surface area contributed by atoms with Gasteiger partial charge in [-0.25, -0.2) is 4.79 Å². The lowest BCUT2D eigenvalue weighted by Gasteiger charge is -2.48. The van der Waals surface area contributed by atoms with E-state index in [9.17, 15) is 19.5 Å². The third-order valence-corrected chi connectivity index (χ3v) is 6.04. The molecule has 7 heteroatoms. The highest BCUT2D eigenvalue weighted by Gasteiger charge is 2.43. The van der Waals surface area contributed by atoms with Gasteiger partial charge in [-0.2, -0.15) is 0 Å². The van der Waals surface area contributed by atoms with E-state index in [4.69, 9.17) is 4.74 Å². The third-order valence-electron chi connectivity index (χ3n) is 6.04. The molecule has 1 fully saturated rings. The number of nitrogens with zero attached hydrogens (tertiary/aromatic N) is 2. The van der Waals surface area contributed by atoms with Crippen molar-refractivity contribution in [3.63, 3.8) is 0 Å². The van der Waals surface area contributed by atoms with Gasteiger partial charge in [-0.05, 0) is 31.2 Å². The zero-order chi connectivity index (χ0) is 20.7. The van der Waals surface area contributed by atoms with E-state index in [2.05, 4.69) is 6.92 Å². The second kappa shape index (κ2) is 7.39. The van der Waals surface area contributed by atoms with Gasteiger partial charge < -0.3 is 19.3 Å². The molecule has 7 nitrogen and oxygen atoms in total. The van der Waals surface area contributed by atoms with Crippen LogP contribution in [0.2, 0.25) is 0 Å². The number of fused-ring (bicyclic) bond motifs is 2. The average Bonchev–Trinajstić information content (AvgIpc) is 2.70. The van der Waals surface area contributed by atoms with Crippen LogP contribution in [0, 0.1) is 5.92 Å². The van der Waals surface area contributed by atoms with Crippen molar-refractivity contribution in [2.45, 2.75) is 51.9 Å². The maximum Gasteiger partial charge on any atom is 0.341 e. The molecule has 0 aliphatic carbocycles. The van der Waals surface area contributed by atoms with Gasteiger partial charge in [0.1, 0.15) is 12.2 Å². The van der Waals surface area contributed by atoms with Gasteiger partial charge >= 0.3 is 5.97 Å². The van der Waals surface area contributed by atoms with E-state index in [1.807, 2.05) is 42.2 Å². The number of aromatic carboxylic acids is 1. The molecule has 2 aromatic rings. The van der Waals surface area contributed by atoms with Crippen molar-refractivity contribution in [3.8, 4) is 5.75 Å². The number of pyridine rings is 1. The van der Waals surface area contributed by atoms with Crippen LogP contribution in [-0.2, 0) is 13.2 Å². The largest absolute Gasteiger partial charge is 0.483 e. The highest BCUT2D eigenvalue weighted by molar-refractivity contribution is 5.98. The van der Waals surface area contributed by atoms with Gasteiger partial charge in [0.25, 0.3) is 5.91 Å². The summed E-state index contributed by atoms with van der Waals surface area (Å²) in [5.41, 5.74) is -0.167. The van der Waals surface area contributed by atoms with Crippen LogP contribution in [-0.4, -0.2) is 38.5 Å². The number of benzene rings is 1. The number of carboxylic acid groups (broad SMARTS) is 1. The third kappa shape index (κ3) is 3.30. The Morgan fingerprint density at radius 1 is 1.17 bits per heavy atom. The smallest absolute Gasteiger partial charge is 0.341 e. The van der Waals surface area contributed by atoms with Gasteiger partial charge in [-0.1, -0.05) is 37.3 Å². The molecule has 0 bridgehead atoms. The monoisotopic (exact) mass is 396 g/mol. The number of carbonyl (C=O) groups is 2. The summed E-state index contributed by atoms with van der Waals surface area (Å²) in [6, 6.07) is 9.30. The van der Waals surface area contributed by atoms with Crippen molar-refractivity contribution >= 4 is 11.9 Å². The summed E-state index contributed by atoms with van der Waals surface area (Å²) in [6.45, 7) is 4.65. The summed E-state index contributed by atoms with van der Waals surface area (Å²) in [7, 11) is 0. The van der Waals surface area contributed by atoms with Gasteiger partial charge in [0.05, 0.1) is 6.04 Å². The summed E-state index contributed by atoms with van der Waals surface area (Å²) < 4.78 is 7.38. The summed E-state index contributed by atoms with van der Waals surface area (Å²) in [5.74, 6) is -1.47. The van der Waals surface area contributed by atoms with Crippen LogP contribution < -0.4 is 10.2 Å². The van der Waals surface area contributed by atoms with Crippen LogP contribution in [0.5, 0.6) is 5.75 Å². The summed E-state index contributed by atoms with van der Waals surface area (Å²) in [5, 5.41) is 9.51. The zero-order valence-corrected chi connectivity index (χ0v) is 16.5. The molecule has 1 amide bonds. The molecule has 1 saturated heterocycles. The number of carboxylic acids is 1. The van der Waals surface area contributed by atoms with Gasteiger partial charge in [-0.15, -0.1) is 0 Å². The first-order valence-electron chi connectivity index (χ1n) is 9.88. The van der Waals surface area contributed by atoms with Crippen LogP contribution in [0.3, 0.4) is 0 Å². The molecular weight excluding hydrogens is 372 g/mol. The van der Waals surface area contributed by atoms with Crippen LogP contribution in [0.25, 0.3) is 0 Å². The fraction of sp³-hybridized carbons (Fsp3) is 0.409. The van der Waals surface area contributed by atoms with Crippen molar-refractivity contribution in [1.29, 1.82) is 0 Å². The summed E-state index contributed by atoms with van der Waals surface area (Å²) >= 11 is 0. The molecule has 3 atom stereocenters. The number of rotatable bonds is 4. The lowest BCUT2D eigenvalue weighted by atomic mass is 9.85. The molecule has 1 aromatic heterocycles. The first kappa shape index (κ1) is 19.2. The Hall–Kier alpha value is -3.09.